The number of carboxylic acid groups (broad SMARTS) is 2. The first-order valence-electron chi connectivity index (χ1n) is 9.34. The minimum atomic E-state index is -1.51. The smallest absolute Gasteiger partial charge is 0.327 e. The van der Waals surface area contributed by atoms with Gasteiger partial charge in [0.25, 0.3) is 0 Å². The Morgan fingerprint density at radius 2 is 1.45 bits per heavy atom. The van der Waals surface area contributed by atoms with Crippen LogP contribution in [-0.4, -0.2) is 75.7 Å². The van der Waals surface area contributed by atoms with E-state index in [2.05, 4.69) is 28.6 Å². The zero-order chi connectivity index (χ0) is 24.3. The first kappa shape index (κ1) is 28.1. The van der Waals surface area contributed by atoms with E-state index in [0.717, 1.165) is 0 Å². The molecule has 0 fully saturated rings. The molecule has 0 aromatic heterocycles. The fourth-order valence-corrected chi connectivity index (χ4v) is 2.62. The number of hydrogen-bond acceptors (Lipinski definition) is 8. The van der Waals surface area contributed by atoms with E-state index in [-0.39, 0.29) is 5.75 Å². The van der Waals surface area contributed by atoms with Gasteiger partial charge in [0.15, 0.2) is 0 Å². The number of hydrogen-bond donors (Lipinski definition) is 8. The van der Waals surface area contributed by atoms with Gasteiger partial charge in [-0.25, -0.2) is 4.79 Å². The average molecular weight is 464 g/mol. The highest BCUT2D eigenvalue weighted by Crippen LogP contribution is 2.10. The van der Waals surface area contributed by atoms with Crippen molar-refractivity contribution in [3.8, 4) is 0 Å². The second kappa shape index (κ2) is 13.4. The van der Waals surface area contributed by atoms with Crippen molar-refractivity contribution in [2.75, 3.05) is 5.75 Å². The van der Waals surface area contributed by atoms with E-state index in [1.54, 1.807) is 13.8 Å². The molecule has 0 rings (SSSR count). The molecule has 0 radical (unpaired) electrons. The Bertz CT molecular complexity index is 704. The Morgan fingerprint density at radius 1 is 0.903 bits per heavy atom. The minimum absolute atomic E-state index is 0.245. The normalized spacial score (nSPS) is 15.5. The molecule has 0 aliphatic carbocycles. The van der Waals surface area contributed by atoms with Gasteiger partial charge in [-0.3, -0.25) is 24.0 Å². The molecule has 0 heterocycles. The molecule has 13 nitrogen and oxygen atoms in total. The van der Waals surface area contributed by atoms with Crippen LogP contribution in [0.1, 0.15) is 33.1 Å². The molecular weight excluding hydrogens is 434 g/mol. The van der Waals surface area contributed by atoms with Crippen molar-refractivity contribution in [3.63, 3.8) is 0 Å². The molecule has 5 atom stereocenters. The number of nitrogens with two attached hydrogens (primary N) is 2. The van der Waals surface area contributed by atoms with E-state index >= 15 is 0 Å². The van der Waals surface area contributed by atoms with Gasteiger partial charge in [-0.1, -0.05) is 20.3 Å². The topological polar surface area (TPSA) is 231 Å². The Balaban J connectivity index is 5.51. The Kier molecular flexibility index (Phi) is 12.2. The third-order valence-electron chi connectivity index (χ3n) is 4.36. The molecule has 0 spiro atoms. The molecule has 0 aromatic carbocycles. The maximum atomic E-state index is 12.8. The van der Waals surface area contributed by atoms with Crippen molar-refractivity contribution in [1.29, 1.82) is 0 Å². The number of carboxylic acids is 2. The minimum Gasteiger partial charge on any atom is -0.481 e. The first-order valence-corrected chi connectivity index (χ1v) is 9.97. The second-order valence-corrected chi connectivity index (χ2v) is 7.25. The van der Waals surface area contributed by atoms with Crippen LogP contribution < -0.4 is 27.4 Å². The van der Waals surface area contributed by atoms with Crippen molar-refractivity contribution in [2.24, 2.45) is 17.4 Å². The average Bonchev–Trinajstić information content (AvgIpc) is 2.67. The van der Waals surface area contributed by atoms with Crippen LogP contribution in [-0.2, 0) is 28.8 Å². The predicted octanol–water partition coefficient (Wildman–Crippen LogP) is -2.82. The highest BCUT2D eigenvalue weighted by molar-refractivity contribution is 7.80. The molecule has 14 heteroatoms. The summed E-state index contributed by atoms with van der Waals surface area (Å²) in [4.78, 5) is 70.5. The lowest BCUT2D eigenvalue weighted by Crippen LogP contribution is -2.59. The highest BCUT2D eigenvalue weighted by Gasteiger charge is 2.33. The lowest BCUT2D eigenvalue weighted by atomic mass is 9.97. The molecule has 0 aliphatic heterocycles. The maximum absolute atomic E-state index is 12.8. The number of carbonyl (C=O) groups is 6. The summed E-state index contributed by atoms with van der Waals surface area (Å²) in [6.07, 6.45) is -0.871. The van der Waals surface area contributed by atoms with E-state index in [0.29, 0.717) is 6.42 Å². The third kappa shape index (κ3) is 10.1. The Morgan fingerprint density at radius 3 is 1.87 bits per heavy atom. The predicted molar refractivity (Wildman–Crippen MR) is 111 cm³/mol. The molecule has 4 amide bonds. The number of carbonyl (C=O) groups excluding carboxylic acids is 4. The highest BCUT2D eigenvalue weighted by atomic mass is 32.1. The van der Waals surface area contributed by atoms with Gasteiger partial charge in [-0.2, -0.15) is 12.6 Å². The molecule has 0 saturated carbocycles. The van der Waals surface area contributed by atoms with Gasteiger partial charge < -0.3 is 37.6 Å². The summed E-state index contributed by atoms with van der Waals surface area (Å²) in [6, 6.07) is -5.50. The molecule has 5 unspecified atom stereocenters. The summed E-state index contributed by atoms with van der Waals surface area (Å²) in [6.45, 7) is 3.35. The Labute approximate surface area is 184 Å². The number of amides is 4. The molecule has 176 valence electrons. The van der Waals surface area contributed by atoms with Gasteiger partial charge in [0.05, 0.1) is 18.9 Å². The zero-order valence-electron chi connectivity index (χ0n) is 17.2. The lowest BCUT2D eigenvalue weighted by molar-refractivity contribution is -0.141. The molecule has 0 aromatic rings. The molecule has 31 heavy (non-hydrogen) atoms. The van der Waals surface area contributed by atoms with E-state index in [1.807, 2.05) is 0 Å². The second-order valence-electron chi connectivity index (χ2n) is 6.89. The third-order valence-corrected chi connectivity index (χ3v) is 4.73. The fraction of sp³-hybridized carbons (Fsp3) is 0.647. The summed E-state index contributed by atoms with van der Waals surface area (Å²) < 4.78 is 0. The largest absolute Gasteiger partial charge is 0.481 e. The number of primary amides is 1. The molecule has 9 N–H and O–H groups in total. The van der Waals surface area contributed by atoms with Gasteiger partial charge in [-0.05, 0) is 5.92 Å². The van der Waals surface area contributed by atoms with Crippen LogP contribution in [0, 0.1) is 5.92 Å². The summed E-state index contributed by atoms with van der Waals surface area (Å²) in [5.74, 6) is -7.04. The quantitative estimate of drug-likeness (QED) is 0.124. The maximum Gasteiger partial charge on any atom is 0.327 e. The van der Waals surface area contributed by atoms with E-state index in [1.165, 1.54) is 0 Å². The van der Waals surface area contributed by atoms with Gasteiger partial charge in [0, 0.05) is 5.75 Å². The van der Waals surface area contributed by atoms with Crippen molar-refractivity contribution < 1.29 is 39.0 Å². The van der Waals surface area contributed by atoms with Gasteiger partial charge in [0.2, 0.25) is 23.6 Å². The van der Waals surface area contributed by atoms with E-state index in [9.17, 15) is 28.8 Å². The number of nitrogens with one attached hydrogen (secondary N) is 3. The van der Waals surface area contributed by atoms with Crippen LogP contribution in [0.15, 0.2) is 0 Å². The number of aliphatic carboxylic acids is 2. The number of rotatable bonds is 14. The molecule has 0 saturated heterocycles. The summed E-state index contributed by atoms with van der Waals surface area (Å²) in [7, 11) is 0. The number of thiol groups is 1. The van der Waals surface area contributed by atoms with Crippen LogP contribution in [0.4, 0.5) is 0 Å². The van der Waals surface area contributed by atoms with Crippen LogP contribution in [0.3, 0.4) is 0 Å². The molecular formula is C17H29N5O8S. The Hall–Kier alpha value is -2.87. The van der Waals surface area contributed by atoms with Crippen LogP contribution >= 0.6 is 12.6 Å². The van der Waals surface area contributed by atoms with Crippen molar-refractivity contribution >= 4 is 48.2 Å². The van der Waals surface area contributed by atoms with E-state index in [4.69, 9.17) is 21.7 Å². The van der Waals surface area contributed by atoms with Crippen molar-refractivity contribution in [3.05, 3.63) is 0 Å². The lowest BCUT2D eigenvalue weighted by Gasteiger charge is -2.27. The van der Waals surface area contributed by atoms with Crippen molar-refractivity contribution in [1.82, 2.24) is 16.0 Å². The van der Waals surface area contributed by atoms with Crippen LogP contribution in [0.2, 0.25) is 0 Å². The fourth-order valence-electron chi connectivity index (χ4n) is 2.37. The monoisotopic (exact) mass is 463 g/mol. The van der Waals surface area contributed by atoms with Gasteiger partial charge in [-0.15, -0.1) is 0 Å². The standard InChI is InChI=1S/C17H29N5O8S/c1-3-7(2)13(22-14(26)8(18)4-12(24)25)16(28)20-9(5-11(19)23)15(27)21-10(6-31)17(29)30/h7-10,13,31H,3-6,18H2,1-2H3,(H2,19,23)(H,20,28)(H,21,27)(H,22,26)(H,24,25)(H,29,30). The molecule has 0 bridgehead atoms. The zero-order valence-corrected chi connectivity index (χ0v) is 18.1. The van der Waals surface area contributed by atoms with Crippen molar-refractivity contribution in [2.45, 2.75) is 57.3 Å². The SMILES string of the molecule is CCC(C)C(NC(=O)C(N)CC(=O)O)C(=O)NC(CC(N)=O)C(=O)NC(CS)C(=O)O. The van der Waals surface area contributed by atoms with E-state index < -0.39 is 78.5 Å². The summed E-state index contributed by atoms with van der Waals surface area (Å²) >= 11 is 3.81. The summed E-state index contributed by atoms with van der Waals surface area (Å²) in [5, 5.41) is 24.5. The van der Waals surface area contributed by atoms with Gasteiger partial charge in [0.1, 0.15) is 18.1 Å². The molecule has 0 aliphatic rings. The van der Waals surface area contributed by atoms with Gasteiger partial charge >= 0.3 is 11.9 Å². The van der Waals surface area contributed by atoms with Crippen LogP contribution in [0.25, 0.3) is 0 Å². The van der Waals surface area contributed by atoms with Crippen LogP contribution in [0.5, 0.6) is 0 Å². The first-order chi connectivity index (χ1) is 14.3. The summed E-state index contributed by atoms with van der Waals surface area (Å²) in [5.41, 5.74) is 10.6.